The van der Waals surface area contributed by atoms with Gasteiger partial charge in [-0.3, -0.25) is 4.79 Å². The van der Waals surface area contributed by atoms with Gasteiger partial charge in [-0.05, 0) is 80.6 Å². The van der Waals surface area contributed by atoms with Crippen molar-refractivity contribution in [3.8, 4) is 0 Å². The molecule has 8 nitrogen and oxygen atoms in total. The molecule has 0 unspecified atom stereocenters. The summed E-state index contributed by atoms with van der Waals surface area (Å²) < 4.78 is 10.5. The molecule has 29 heavy (non-hydrogen) atoms. The molecule has 0 spiro atoms. The van der Waals surface area contributed by atoms with Gasteiger partial charge in [-0.1, -0.05) is 0 Å². The third-order valence-corrected chi connectivity index (χ3v) is 4.41. The Balaban J connectivity index is 2.54. The van der Waals surface area contributed by atoms with Crippen molar-refractivity contribution in [3.63, 3.8) is 0 Å². The summed E-state index contributed by atoms with van der Waals surface area (Å²) in [7, 11) is 0. The maximum Gasteiger partial charge on any atom is 0.408 e. The van der Waals surface area contributed by atoms with Crippen LogP contribution >= 0.6 is 0 Å². The Labute approximate surface area is 175 Å². The summed E-state index contributed by atoms with van der Waals surface area (Å²) in [4.78, 5) is 38.7. The lowest BCUT2D eigenvalue weighted by Gasteiger charge is -2.28. The molecule has 0 saturated carbocycles. The number of ether oxygens (including phenoxy) is 2. The maximum absolute atomic E-state index is 13.0. The van der Waals surface area contributed by atoms with E-state index in [4.69, 9.17) is 9.47 Å². The van der Waals surface area contributed by atoms with E-state index in [0.717, 1.165) is 12.8 Å². The van der Waals surface area contributed by atoms with Gasteiger partial charge in [0.25, 0.3) is 0 Å². The van der Waals surface area contributed by atoms with Gasteiger partial charge in [-0.25, -0.2) is 9.59 Å². The number of carbonyl (C=O) groups excluding carboxylic acids is 3. The van der Waals surface area contributed by atoms with Gasteiger partial charge < -0.3 is 25.0 Å². The highest BCUT2D eigenvalue weighted by molar-refractivity contribution is 5.86. The van der Waals surface area contributed by atoms with Crippen LogP contribution in [0.4, 0.5) is 9.59 Å². The van der Waals surface area contributed by atoms with Gasteiger partial charge >= 0.3 is 12.2 Å². The molecular formula is C21H39N3O5. The molecule has 0 aromatic rings. The van der Waals surface area contributed by atoms with Crippen molar-refractivity contribution >= 4 is 18.1 Å². The van der Waals surface area contributed by atoms with E-state index in [-0.39, 0.29) is 11.9 Å². The molecule has 2 N–H and O–H groups in total. The Hall–Kier alpha value is -1.99. The zero-order chi connectivity index (χ0) is 22.2. The normalized spacial score (nSPS) is 18.2. The van der Waals surface area contributed by atoms with Crippen LogP contribution in [0.2, 0.25) is 0 Å². The van der Waals surface area contributed by atoms with Crippen LogP contribution in [0.3, 0.4) is 0 Å². The molecule has 1 rings (SSSR count). The van der Waals surface area contributed by atoms with Crippen molar-refractivity contribution in [1.29, 1.82) is 0 Å². The van der Waals surface area contributed by atoms with Crippen LogP contribution in [-0.2, 0) is 14.3 Å². The molecule has 8 heteroatoms. The molecule has 2 atom stereocenters. The van der Waals surface area contributed by atoms with E-state index in [1.165, 1.54) is 0 Å². The molecule has 0 bridgehead atoms. The number of hydrogen-bond donors (Lipinski definition) is 2. The summed E-state index contributed by atoms with van der Waals surface area (Å²) >= 11 is 0. The summed E-state index contributed by atoms with van der Waals surface area (Å²) in [6.45, 7) is 14.0. The summed E-state index contributed by atoms with van der Waals surface area (Å²) in [6, 6.07) is -0.453. The fraction of sp³-hybridized carbons (Fsp3) is 0.857. The highest BCUT2D eigenvalue weighted by Gasteiger charge is 2.32. The molecular weight excluding hydrogens is 374 g/mol. The zero-order valence-electron chi connectivity index (χ0n) is 19.1. The van der Waals surface area contributed by atoms with E-state index in [1.54, 1.807) is 20.8 Å². The number of nitrogens with zero attached hydrogens (tertiary/aromatic N) is 1. The van der Waals surface area contributed by atoms with Gasteiger partial charge in [-0.15, -0.1) is 0 Å². The van der Waals surface area contributed by atoms with Gasteiger partial charge in [0.2, 0.25) is 5.91 Å². The molecule has 0 radical (unpaired) electrons. The Bertz CT molecular complexity index is 566. The molecule has 1 heterocycles. The lowest BCUT2D eigenvalue weighted by molar-refractivity contribution is -0.134. The van der Waals surface area contributed by atoms with Crippen molar-refractivity contribution in [2.24, 2.45) is 0 Å². The number of likely N-dealkylation sites (tertiary alicyclic amines) is 1. The fourth-order valence-corrected chi connectivity index (χ4v) is 3.15. The van der Waals surface area contributed by atoms with E-state index >= 15 is 0 Å². The summed E-state index contributed by atoms with van der Waals surface area (Å²) in [6.07, 6.45) is 2.74. The number of amides is 3. The van der Waals surface area contributed by atoms with Crippen molar-refractivity contribution in [3.05, 3.63) is 0 Å². The van der Waals surface area contributed by atoms with Gasteiger partial charge in [0.1, 0.15) is 17.2 Å². The van der Waals surface area contributed by atoms with Gasteiger partial charge in [0, 0.05) is 19.1 Å². The van der Waals surface area contributed by atoms with Crippen molar-refractivity contribution < 1.29 is 23.9 Å². The third kappa shape index (κ3) is 10.4. The Morgan fingerprint density at radius 1 is 1.00 bits per heavy atom. The number of alkyl carbamates (subject to hydrolysis) is 2. The molecule has 168 valence electrons. The monoisotopic (exact) mass is 413 g/mol. The lowest BCUT2D eigenvalue weighted by Crippen LogP contribution is -2.50. The smallest absolute Gasteiger partial charge is 0.408 e. The fourth-order valence-electron chi connectivity index (χ4n) is 3.15. The largest absolute Gasteiger partial charge is 0.444 e. The molecule has 1 aliphatic rings. The van der Waals surface area contributed by atoms with Crippen LogP contribution in [0.25, 0.3) is 0 Å². The van der Waals surface area contributed by atoms with Crippen LogP contribution in [0.15, 0.2) is 0 Å². The lowest BCUT2D eigenvalue weighted by atomic mass is 10.1. The molecule has 1 fully saturated rings. The van der Waals surface area contributed by atoms with Crippen molar-refractivity contribution in [2.75, 3.05) is 13.1 Å². The van der Waals surface area contributed by atoms with Crippen LogP contribution in [0, 0.1) is 0 Å². The van der Waals surface area contributed by atoms with Crippen LogP contribution < -0.4 is 10.6 Å². The molecule has 0 aromatic carbocycles. The number of rotatable bonds is 7. The number of carbonyl (C=O) groups is 3. The first-order valence-electron chi connectivity index (χ1n) is 10.6. The summed E-state index contributed by atoms with van der Waals surface area (Å²) in [5, 5.41) is 5.44. The first-order valence-corrected chi connectivity index (χ1v) is 10.6. The Kier molecular flexibility index (Phi) is 9.23. The van der Waals surface area contributed by atoms with Gasteiger partial charge in [0.05, 0.1) is 0 Å². The minimum absolute atomic E-state index is 0.0686. The first-order chi connectivity index (χ1) is 13.3. The van der Waals surface area contributed by atoms with Crippen LogP contribution in [0.1, 0.15) is 80.6 Å². The zero-order valence-corrected chi connectivity index (χ0v) is 19.1. The summed E-state index contributed by atoms with van der Waals surface area (Å²) in [5.74, 6) is -0.0686. The predicted molar refractivity (Wildman–Crippen MR) is 112 cm³/mol. The highest BCUT2D eigenvalue weighted by Crippen LogP contribution is 2.19. The molecule has 0 aromatic heterocycles. The van der Waals surface area contributed by atoms with Gasteiger partial charge in [0.15, 0.2) is 0 Å². The standard InChI is InChI=1S/C21H39N3O5/c1-15-11-10-14-24(15)17(25)16(23-19(27)29-21(5,6)7)12-8-9-13-22-18(26)28-20(2,3)4/h15-16H,8-14H2,1-7H3,(H,22,26)(H,23,27)/t15-,16-/m1/s1. The predicted octanol–water partition coefficient (Wildman–Crippen LogP) is 3.59. The molecule has 0 aliphatic carbocycles. The second-order valence-electron chi connectivity index (χ2n) is 9.65. The average Bonchev–Trinajstić information content (AvgIpc) is 2.95. The van der Waals surface area contributed by atoms with Crippen LogP contribution in [-0.4, -0.2) is 59.4 Å². The van der Waals surface area contributed by atoms with Crippen molar-refractivity contribution in [2.45, 2.75) is 104 Å². The molecule has 3 amide bonds. The second kappa shape index (κ2) is 10.7. The Morgan fingerprint density at radius 3 is 2.10 bits per heavy atom. The van der Waals surface area contributed by atoms with E-state index in [1.807, 2.05) is 32.6 Å². The average molecular weight is 414 g/mol. The number of nitrogens with one attached hydrogen (secondary N) is 2. The summed E-state index contributed by atoms with van der Waals surface area (Å²) in [5.41, 5.74) is -1.17. The minimum atomic E-state index is -0.632. The highest BCUT2D eigenvalue weighted by atomic mass is 16.6. The molecule has 1 saturated heterocycles. The number of hydrogen-bond acceptors (Lipinski definition) is 5. The Morgan fingerprint density at radius 2 is 1.59 bits per heavy atom. The van der Waals surface area contributed by atoms with Gasteiger partial charge in [-0.2, -0.15) is 0 Å². The van der Waals surface area contributed by atoms with E-state index < -0.39 is 29.4 Å². The maximum atomic E-state index is 13.0. The number of unbranched alkanes of at least 4 members (excludes halogenated alkanes) is 1. The van der Waals surface area contributed by atoms with Crippen LogP contribution in [0.5, 0.6) is 0 Å². The molecule has 1 aliphatic heterocycles. The van der Waals surface area contributed by atoms with E-state index in [2.05, 4.69) is 10.6 Å². The van der Waals surface area contributed by atoms with E-state index in [0.29, 0.717) is 32.4 Å². The first kappa shape index (κ1) is 25.0. The quantitative estimate of drug-likeness (QED) is 0.622. The third-order valence-electron chi connectivity index (χ3n) is 4.41. The SMILES string of the molecule is C[C@@H]1CCCN1C(=O)[C@@H](CCCCNC(=O)OC(C)(C)C)NC(=O)OC(C)(C)C. The second-order valence-corrected chi connectivity index (χ2v) is 9.65. The van der Waals surface area contributed by atoms with Crippen molar-refractivity contribution in [1.82, 2.24) is 15.5 Å². The topological polar surface area (TPSA) is 97.0 Å². The minimum Gasteiger partial charge on any atom is -0.444 e. The van der Waals surface area contributed by atoms with E-state index in [9.17, 15) is 14.4 Å².